The van der Waals surface area contributed by atoms with E-state index in [1.165, 1.54) is 0 Å². The maximum atomic E-state index is 13.2. The van der Waals surface area contributed by atoms with Crippen molar-refractivity contribution in [1.82, 2.24) is 19.5 Å². The molecule has 0 aliphatic carbocycles. The number of benzene rings is 1. The van der Waals surface area contributed by atoms with E-state index in [0.29, 0.717) is 12.3 Å². The number of fused-ring (bicyclic) bond motifs is 2. The van der Waals surface area contributed by atoms with E-state index >= 15 is 0 Å². The van der Waals surface area contributed by atoms with Crippen molar-refractivity contribution in [2.45, 2.75) is 25.7 Å². The summed E-state index contributed by atoms with van der Waals surface area (Å²) in [4.78, 5) is 15.1. The first kappa shape index (κ1) is 16.1. The van der Waals surface area contributed by atoms with Crippen LogP contribution < -0.4 is 0 Å². The topological polar surface area (TPSA) is 63.6 Å². The quantitative estimate of drug-likeness (QED) is 0.545. The molecular formula is C21H20N4O2. The molecule has 1 aromatic carbocycles. The number of piperidine rings is 1. The molecule has 1 atom stereocenters. The predicted molar refractivity (Wildman–Crippen MR) is 102 cm³/mol. The molecule has 0 unspecified atom stereocenters. The van der Waals surface area contributed by atoms with Gasteiger partial charge in [-0.05, 0) is 38.0 Å². The first-order valence-electron chi connectivity index (χ1n) is 9.29. The number of pyridine rings is 1. The third-order valence-corrected chi connectivity index (χ3v) is 5.45. The number of carbonyl (C=O) groups excluding carboxylic acids is 1. The second-order valence-electron chi connectivity index (χ2n) is 7.13. The van der Waals surface area contributed by atoms with Crippen molar-refractivity contribution in [3.05, 3.63) is 65.8 Å². The summed E-state index contributed by atoms with van der Waals surface area (Å²) in [5, 5.41) is 9.64. The van der Waals surface area contributed by atoms with Gasteiger partial charge in [0.05, 0.1) is 0 Å². The van der Waals surface area contributed by atoms with Crippen LogP contribution in [0, 0.1) is 6.92 Å². The molecule has 1 amide bonds. The van der Waals surface area contributed by atoms with Gasteiger partial charge in [-0.15, -0.1) is 10.2 Å². The van der Waals surface area contributed by atoms with Gasteiger partial charge in [-0.25, -0.2) is 0 Å². The van der Waals surface area contributed by atoms with Crippen molar-refractivity contribution in [3.8, 4) is 0 Å². The number of aryl methyl sites for hydroxylation is 1. The minimum Gasteiger partial charge on any atom is -0.451 e. The number of likely N-dealkylation sites (tertiary alicyclic amines) is 1. The lowest BCUT2D eigenvalue weighted by Crippen LogP contribution is -2.39. The molecule has 4 heterocycles. The molecular weight excluding hydrogens is 340 g/mol. The molecule has 0 N–H and O–H groups in total. The maximum Gasteiger partial charge on any atom is 0.289 e. The molecule has 136 valence electrons. The lowest BCUT2D eigenvalue weighted by atomic mass is 9.96. The number of rotatable bonds is 2. The van der Waals surface area contributed by atoms with E-state index in [9.17, 15) is 4.79 Å². The molecule has 1 aliphatic rings. The second-order valence-corrected chi connectivity index (χ2v) is 7.13. The lowest BCUT2D eigenvalue weighted by molar-refractivity contribution is 0.0673. The highest BCUT2D eigenvalue weighted by molar-refractivity contribution is 5.99. The normalized spacial score (nSPS) is 17.7. The Morgan fingerprint density at radius 2 is 2.00 bits per heavy atom. The lowest BCUT2D eigenvalue weighted by Gasteiger charge is -2.31. The van der Waals surface area contributed by atoms with E-state index in [1.807, 2.05) is 64.9 Å². The Morgan fingerprint density at radius 1 is 1.15 bits per heavy atom. The Kier molecular flexibility index (Phi) is 3.70. The Hall–Kier alpha value is -3.15. The monoisotopic (exact) mass is 360 g/mol. The molecule has 4 aromatic rings. The summed E-state index contributed by atoms with van der Waals surface area (Å²) in [5.41, 5.74) is 2.50. The summed E-state index contributed by atoms with van der Waals surface area (Å²) in [6.45, 7) is 3.32. The van der Waals surface area contributed by atoms with Crippen molar-refractivity contribution in [2.75, 3.05) is 13.1 Å². The highest BCUT2D eigenvalue weighted by Gasteiger charge is 2.30. The van der Waals surface area contributed by atoms with Crippen molar-refractivity contribution < 1.29 is 9.21 Å². The molecule has 0 radical (unpaired) electrons. The van der Waals surface area contributed by atoms with Crippen molar-refractivity contribution in [3.63, 3.8) is 0 Å². The fourth-order valence-corrected chi connectivity index (χ4v) is 4.03. The van der Waals surface area contributed by atoms with E-state index in [4.69, 9.17) is 4.42 Å². The van der Waals surface area contributed by atoms with Crippen LogP contribution in [0.25, 0.3) is 16.6 Å². The number of nitrogens with zero attached hydrogens (tertiary/aromatic N) is 4. The molecule has 5 rings (SSSR count). The molecule has 1 saturated heterocycles. The Balaban J connectivity index is 1.45. The maximum absolute atomic E-state index is 13.2. The van der Waals surface area contributed by atoms with Crippen LogP contribution in [0.3, 0.4) is 0 Å². The Labute approximate surface area is 156 Å². The summed E-state index contributed by atoms with van der Waals surface area (Å²) in [6.07, 6.45) is 3.92. The van der Waals surface area contributed by atoms with Gasteiger partial charge < -0.3 is 9.32 Å². The molecule has 3 aromatic heterocycles. The van der Waals surface area contributed by atoms with Gasteiger partial charge in [-0.2, -0.15) is 0 Å². The van der Waals surface area contributed by atoms with Crippen LogP contribution in [-0.4, -0.2) is 38.5 Å². The standard InChI is InChI=1S/C21H20N4O2/c1-14-16-8-2-3-9-17(16)27-19(14)21(26)24-11-6-7-15(13-24)20-23-22-18-10-4-5-12-25(18)20/h2-5,8-10,12,15H,6-7,11,13H2,1H3/t15-/m1/s1. The zero-order valence-electron chi connectivity index (χ0n) is 15.1. The van der Waals surface area contributed by atoms with Crippen molar-refractivity contribution >= 4 is 22.5 Å². The van der Waals surface area contributed by atoms with Crippen LogP contribution in [0.5, 0.6) is 0 Å². The summed E-state index contributed by atoms with van der Waals surface area (Å²) < 4.78 is 7.90. The average Bonchev–Trinajstić information content (AvgIpc) is 3.29. The summed E-state index contributed by atoms with van der Waals surface area (Å²) in [6, 6.07) is 13.7. The Morgan fingerprint density at radius 3 is 2.89 bits per heavy atom. The number of aromatic nitrogens is 3. The third kappa shape index (κ3) is 2.60. The van der Waals surface area contributed by atoms with E-state index in [2.05, 4.69) is 10.2 Å². The van der Waals surface area contributed by atoms with Crippen LogP contribution in [0.4, 0.5) is 0 Å². The van der Waals surface area contributed by atoms with Crippen LogP contribution >= 0.6 is 0 Å². The van der Waals surface area contributed by atoms with Crippen LogP contribution in [0.15, 0.2) is 53.1 Å². The van der Waals surface area contributed by atoms with Gasteiger partial charge in [-0.3, -0.25) is 9.20 Å². The van der Waals surface area contributed by atoms with Crippen LogP contribution in [0.1, 0.15) is 40.7 Å². The molecule has 1 fully saturated rings. The van der Waals surface area contributed by atoms with Crippen molar-refractivity contribution in [2.24, 2.45) is 0 Å². The Bertz CT molecular complexity index is 1140. The van der Waals surface area contributed by atoms with Gasteiger partial charge in [-0.1, -0.05) is 24.3 Å². The minimum absolute atomic E-state index is 0.0396. The average molecular weight is 360 g/mol. The van der Waals surface area contributed by atoms with Gasteiger partial charge in [0.15, 0.2) is 11.4 Å². The molecule has 0 bridgehead atoms. The smallest absolute Gasteiger partial charge is 0.289 e. The van der Waals surface area contributed by atoms with Crippen LogP contribution in [-0.2, 0) is 0 Å². The largest absolute Gasteiger partial charge is 0.451 e. The highest BCUT2D eigenvalue weighted by Crippen LogP contribution is 2.30. The van der Waals surface area contributed by atoms with Gasteiger partial charge >= 0.3 is 0 Å². The number of para-hydroxylation sites is 1. The fraction of sp³-hybridized carbons (Fsp3) is 0.286. The zero-order valence-corrected chi connectivity index (χ0v) is 15.1. The van der Waals surface area contributed by atoms with Crippen LogP contribution in [0.2, 0.25) is 0 Å². The third-order valence-electron chi connectivity index (χ3n) is 5.45. The first-order chi connectivity index (χ1) is 13.2. The number of amides is 1. The second kappa shape index (κ2) is 6.23. The van der Waals surface area contributed by atoms with E-state index in [0.717, 1.165) is 47.4 Å². The fourth-order valence-electron chi connectivity index (χ4n) is 4.03. The molecule has 1 aliphatic heterocycles. The van der Waals surface area contributed by atoms with Gasteiger partial charge in [0.25, 0.3) is 5.91 Å². The summed E-state index contributed by atoms with van der Waals surface area (Å²) in [5.74, 6) is 1.50. The summed E-state index contributed by atoms with van der Waals surface area (Å²) >= 11 is 0. The molecule has 6 heteroatoms. The molecule has 6 nitrogen and oxygen atoms in total. The number of furan rings is 1. The number of hydrogen-bond acceptors (Lipinski definition) is 4. The molecule has 0 saturated carbocycles. The highest BCUT2D eigenvalue weighted by atomic mass is 16.3. The predicted octanol–water partition coefficient (Wildman–Crippen LogP) is 3.80. The van der Waals surface area contributed by atoms with Crippen molar-refractivity contribution in [1.29, 1.82) is 0 Å². The molecule has 0 spiro atoms. The molecule has 27 heavy (non-hydrogen) atoms. The SMILES string of the molecule is Cc1c(C(=O)N2CCC[C@@H](c3nnc4ccccn34)C2)oc2ccccc12. The first-order valence-corrected chi connectivity index (χ1v) is 9.29. The van der Waals surface area contributed by atoms with E-state index in [-0.39, 0.29) is 11.8 Å². The summed E-state index contributed by atoms with van der Waals surface area (Å²) in [7, 11) is 0. The zero-order chi connectivity index (χ0) is 18.4. The van der Waals surface area contributed by atoms with Gasteiger partial charge in [0.2, 0.25) is 0 Å². The van der Waals surface area contributed by atoms with Gasteiger partial charge in [0, 0.05) is 36.2 Å². The minimum atomic E-state index is -0.0396. The number of carbonyl (C=O) groups is 1. The van der Waals surface area contributed by atoms with E-state index in [1.54, 1.807) is 0 Å². The number of hydrogen-bond donors (Lipinski definition) is 0. The van der Waals surface area contributed by atoms with E-state index < -0.39 is 0 Å². The van der Waals surface area contributed by atoms with Gasteiger partial charge in [0.1, 0.15) is 11.4 Å².